The van der Waals surface area contributed by atoms with Gasteiger partial charge < -0.3 is 10.1 Å². The van der Waals surface area contributed by atoms with Crippen molar-refractivity contribution in [3.05, 3.63) is 114 Å². The number of amides is 2. The third kappa shape index (κ3) is 6.04. The summed E-state index contributed by atoms with van der Waals surface area (Å²) in [5.41, 5.74) is 5.02. The van der Waals surface area contributed by atoms with E-state index in [2.05, 4.69) is 40.1 Å². The van der Waals surface area contributed by atoms with Crippen molar-refractivity contribution in [3.8, 4) is 5.75 Å². The van der Waals surface area contributed by atoms with Crippen molar-refractivity contribution in [1.29, 1.82) is 0 Å². The van der Waals surface area contributed by atoms with Crippen LogP contribution in [-0.4, -0.2) is 18.0 Å². The number of hydrazone groups is 1. The number of carbonyl (C=O) groups is 2. The van der Waals surface area contributed by atoms with Gasteiger partial charge in [-0.3, -0.25) is 9.59 Å². The molecule has 6 heteroatoms. The van der Waals surface area contributed by atoms with Gasteiger partial charge in [0.25, 0.3) is 0 Å². The normalized spacial score (nSPS) is 10.8. The third-order valence-electron chi connectivity index (χ3n) is 5.04. The molecule has 0 saturated heterocycles. The van der Waals surface area contributed by atoms with Gasteiger partial charge in [-0.05, 0) is 51.7 Å². The van der Waals surface area contributed by atoms with E-state index in [9.17, 15) is 9.59 Å². The summed E-state index contributed by atoms with van der Waals surface area (Å²) >= 11 is 0. The molecule has 0 aliphatic rings. The first-order valence-corrected chi connectivity index (χ1v) is 10.5. The summed E-state index contributed by atoms with van der Waals surface area (Å²) in [5, 5.41) is 8.76. The standard InChI is InChI=1S/C27H23N3O3/c31-26(28-17-20-7-2-1-3-8-20)27(32)30-29-18-21-13-15-24(16-14-21)33-19-23-11-6-10-22-9-4-5-12-25(22)23/h1-16,18H,17,19H2,(H,28,31)(H,30,32)/b29-18+. The number of nitrogens with one attached hydrogen (secondary N) is 2. The molecule has 4 aromatic rings. The van der Waals surface area contributed by atoms with Crippen LogP contribution < -0.4 is 15.5 Å². The molecule has 2 amide bonds. The van der Waals surface area contributed by atoms with Crippen LogP contribution in [0.4, 0.5) is 0 Å². The summed E-state index contributed by atoms with van der Waals surface area (Å²) in [4.78, 5) is 23.7. The number of hydrogen-bond acceptors (Lipinski definition) is 4. The van der Waals surface area contributed by atoms with Gasteiger partial charge in [-0.25, -0.2) is 5.43 Å². The minimum atomic E-state index is -0.822. The molecule has 0 radical (unpaired) electrons. The highest BCUT2D eigenvalue weighted by molar-refractivity contribution is 6.35. The van der Waals surface area contributed by atoms with Gasteiger partial charge in [0.15, 0.2) is 0 Å². The number of carbonyl (C=O) groups excluding carboxylic acids is 2. The highest BCUT2D eigenvalue weighted by Gasteiger charge is 2.11. The molecule has 0 unspecified atom stereocenters. The summed E-state index contributed by atoms with van der Waals surface area (Å²) in [6, 6.07) is 31.0. The van der Waals surface area contributed by atoms with E-state index in [0.29, 0.717) is 6.61 Å². The molecule has 0 aliphatic carbocycles. The van der Waals surface area contributed by atoms with Crippen molar-refractivity contribution in [2.45, 2.75) is 13.2 Å². The Morgan fingerprint density at radius 1 is 0.788 bits per heavy atom. The number of benzene rings is 4. The highest BCUT2D eigenvalue weighted by Crippen LogP contribution is 2.20. The summed E-state index contributed by atoms with van der Waals surface area (Å²) in [6.07, 6.45) is 1.47. The maximum absolute atomic E-state index is 11.9. The maximum Gasteiger partial charge on any atom is 0.329 e. The van der Waals surface area contributed by atoms with Gasteiger partial charge in [-0.15, -0.1) is 0 Å². The molecule has 4 aromatic carbocycles. The van der Waals surface area contributed by atoms with E-state index >= 15 is 0 Å². The van der Waals surface area contributed by atoms with Crippen LogP contribution in [0.1, 0.15) is 16.7 Å². The Morgan fingerprint density at radius 3 is 2.33 bits per heavy atom. The highest BCUT2D eigenvalue weighted by atomic mass is 16.5. The predicted octanol–water partition coefficient (Wildman–Crippen LogP) is 4.19. The molecule has 6 nitrogen and oxygen atoms in total. The van der Waals surface area contributed by atoms with Crippen LogP contribution in [0.3, 0.4) is 0 Å². The largest absolute Gasteiger partial charge is 0.489 e. The topological polar surface area (TPSA) is 79.8 Å². The van der Waals surface area contributed by atoms with Crippen LogP contribution in [0.5, 0.6) is 5.75 Å². The van der Waals surface area contributed by atoms with Crippen LogP contribution in [0.15, 0.2) is 102 Å². The lowest BCUT2D eigenvalue weighted by molar-refractivity contribution is -0.139. The van der Waals surface area contributed by atoms with Crippen molar-refractivity contribution in [1.82, 2.24) is 10.7 Å². The minimum Gasteiger partial charge on any atom is -0.489 e. The molecule has 0 saturated carbocycles. The van der Waals surface area contributed by atoms with Crippen LogP contribution in [-0.2, 0) is 22.7 Å². The first-order chi connectivity index (χ1) is 16.2. The van der Waals surface area contributed by atoms with E-state index in [1.807, 2.05) is 72.8 Å². The van der Waals surface area contributed by atoms with Crippen LogP contribution in [0.25, 0.3) is 10.8 Å². The van der Waals surface area contributed by atoms with Gasteiger partial charge in [0, 0.05) is 6.54 Å². The zero-order valence-corrected chi connectivity index (χ0v) is 17.9. The lowest BCUT2D eigenvalue weighted by atomic mass is 10.1. The van der Waals surface area contributed by atoms with Gasteiger partial charge >= 0.3 is 11.8 Å². The van der Waals surface area contributed by atoms with Crippen molar-refractivity contribution in [2.75, 3.05) is 0 Å². The maximum atomic E-state index is 11.9. The Balaban J connectivity index is 1.25. The van der Waals surface area contributed by atoms with Crippen LogP contribution >= 0.6 is 0 Å². The summed E-state index contributed by atoms with van der Waals surface area (Å²) < 4.78 is 5.93. The van der Waals surface area contributed by atoms with E-state index in [1.165, 1.54) is 17.0 Å². The average molecular weight is 437 g/mol. The zero-order chi connectivity index (χ0) is 22.9. The molecule has 0 bridgehead atoms. The third-order valence-corrected chi connectivity index (χ3v) is 5.04. The quantitative estimate of drug-likeness (QED) is 0.259. The molecule has 0 fully saturated rings. The van der Waals surface area contributed by atoms with Crippen molar-refractivity contribution in [2.24, 2.45) is 5.10 Å². The molecule has 33 heavy (non-hydrogen) atoms. The first-order valence-electron chi connectivity index (χ1n) is 10.5. The fraction of sp³-hybridized carbons (Fsp3) is 0.0741. The molecule has 0 aliphatic heterocycles. The molecular formula is C27H23N3O3. The Hall–Kier alpha value is -4.45. The van der Waals surface area contributed by atoms with Crippen LogP contribution in [0, 0.1) is 0 Å². The molecule has 164 valence electrons. The second-order valence-electron chi connectivity index (χ2n) is 7.36. The fourth-order valence-corrected chi connectivity index (χ4v) is 3.30. The number of fused-ring (bicyclic) bond motifs is 1. The van der Waals surface area contributed by atoms with E-state index in [1.54, 1.807) is 0 Å². The number of rotatable bonds is 7. The van der Waals surface area contributed by atoms with Gasteiger partial charge in [-0.1, -0.05) is 72.8 Å². The average Bonchev–Trinajstić information content (AvgIpc) is 2.87. The molecule has 0 spiro atoms. The van der Waals surface area contributed by atoms with Gasteiger partial charge in [0.2, 0.25) is 0 Å². The minimum absolute atomic E-state index is 0.275. The summed E-state index contributed by atoms with van der Waals surface area (Å²) in [6.45, 7) is 0.736. The molecule has 0 aromatic heterocycles. The SMILES string of the molecule is O=C(NCc1ccccc1)C(=O)N/N=C/c1ccc(OCc2cccc3ccccc23)cc1. The second kappa shape index (κ2) is 10.7. The Labute approximate surface area is 191 Å². The zero-order valence-electron chi connectivity index (χ0n) is 17.9. The Bertz CT molecular complexity index is 1260. The number of ether oxygens (including phenoxy) is 1. The van der Waals surface area contributed by atoms with E-state index in [4.69, 9.17) is 4.74 Å². The number of nitrogens with zero attached hydrogens (tertiary/aromatic N) is 1. The van der Waals surface area contributed by atoms with E-state index in [-0.39, 0.29) is 6.54 Å². The molecular weight excluding hydrogens is 414 g/mol. The monoisotopic (exact) mass is 437 g/mol. The second-order valence-corrected chi connectivity index (χ2v) is 7.36. The van der Waals surface area contributed by atoms with Crippen molar-refractivity contribution in [3.63, 3.8) is 0 Å². The molecule has 4 rings (SSSR count). The predicted molar refractivity (Wildman–Crippen MR) is 129 cm³/mol. The lowest BCUT2D eigenvalue weighted by Crippen LogP contribution is -2.37. The van der Waals surface area contributed by atoms with Crippen molar-refractivity contribution >= 4 is 28.8 Å². The Kier molecular flexibility index (Phi) is 7.08. The number of hydrogen-bond donors (Lipinski definition) is 2. The van der Waals surface area contributed by atoms with Gasteiger partial charge in [0.1, 0.15) is 12.4 Å². The lowest BCUT2D eigenvalue weighted by Gasteiger charge is -2.09. The van der Waals surface area contributed by atoms with Crippen molar-refractivity contribution < 1.29 is 14.3 Å². The molecule has 0 heterocycles. The smallest absolute Gasteiger partial charge is 0.329 e. The van der Waals surface area contributed by atoms with E-state index in [0.717, 1.165) is 22.4 Å². The first kappa shape index (κ1) is 21.8. The summed E-state index contributed by atoms with van der Waals surface area (Å²) in [5.74, 6) is -0.838. The van der Waals surface area contributed by atoms with Crippen LogP contribution in [0.2, 0.25) is 0 Å². The molecule has 2 N–H and O–H groups in total. The Morgan fingerprint density at radius 2 is 1.52 bits per heavy atom. The van der Waals surface area contributed by atoms with E-state index < -0.39 is 11.8 Å². The van der Waals surface area contributed by atoms with Gasteiger partial charge in [-0.2, -0.15) is 5.10 Å². The summed E-state index contributed by atoms with van der Waals surface area (Å²) in [7, 11) is 0. The fourth-order valence-electron chi connectivity index (χ4n) is 3.30. The van der Waals surface area contributed by atoms with Gasteiger partial charge in [0.05, 0.1) is 6.21 Å². The molecule has 0 atom stereocenters.